The Labute approximate surface area is 239 Å². The highest BCUT2D eigenvalue weighted by Gasteiger charge is 2.37. The lowest BCUT2D eigenvalue weighted by Crippen LogP contribution is -2.49. The molecule has 1 aliphatic carbocycles. The maximum Gasteiger partial charge on any atom is 0.316 e. The monoisotopic (exact) mass is 652 g/mol. The Morgan fingerprint density at radius 3 is 2.51 bits per heavy atom. The Kier molecular flexibility index (Phi) is 8.15. The number of fused-ring (bicyclic) bond motifs is 2. The van der Waals surface area contributed by atoms with Crippen LogP contribution >= 0.6 is 43.5 Å². The van der Waals surface area contributed by atoms with Crippen molar-refractivity contribution in [1.29, 1.82) is 0 Å². The van der Waals surface area contributed by atoms with E-state index in [1.807, 2.05) is 17.2 Å². The highest BCUT2D eigenvalue weighted by atomic mass is 79.9. The van der Waals surface area contributed by atoms with Gasteiger partial charge in [-0.05, 0) is 101 Å². The van der Waals surface area contributed by atoms with E-state index in [1.54, 1.807) is 0 Å². The minimum absolute atomic E-state index is 0.0554. The number of piperidine rings is 2. The molecule has 3 heterocycles. The number of carbonyl (C=O) groups excluding carboxylic acids is 2. The van der Waals surface area contributed by atoms with Crippen molar-refractivity contribution in [3.8, 4) is 0 Å². The van der Waals surface area contributed by atoms with Gasteiger partial charge in [0, 0.05) is 52.1 Å². The molecule has 2 unspecified atom stereocenters. The van der Waals surface area contributed by atoms with Gasteiger partial charge in [0.25, 0.3) is 0 Å². The summed E-state index contributed by atoms with van der Waals surface area (Å²) < 4.78 is 2.01. The number of benzene rings is 1. The first-order valence-corrected chi connectivity index (χ1v) is 14.8. The molecule has 1 aromatic heterocycles. The lowest BCUT2D eigenvalue weighted by atomic mass is 9.76. The van der Waals surface area contributed by atoms with Gasteiger partial charge in [-0.2, -0.15) is 0 Å². The summed E-state index contributed by atoms with van der Waals surface area (Å²) in [5, 5.41) is 11.0. The van der Waals surface area contributed by atoms with Crippen LogP contribution in [0.15, 0.2) is 33.3 Å². The third-order valence-electron chi connectivity index (χ3n) is 8.21. The van der Waals surface area contributed by atoms with E-state index in [4.69, 9.17) is 22.3 Å². The molecule has 3 N–H and O–H groups in total. The second-order valence-electron chi connectivity index (χ2n) is 10.5. The first kappa shape index (κ1) is 26.9. The Balaban J connectivity index is 1.30. The van der Waals surface area contributed by atoms with Crippen LogP contribution in [0.3, 0.4) is 0 Å². The third kappa shape index (κ3) is 5.70. The highest BCUT2D eigenvalue weighted by molar-refractivity contribution is 9.10. The number of urea groups is 1. The van der Waals surface area contributed by atoms with E-state index >= 15 is 0 Å². The number of rotatable bonds is 3. The van der Waals surface area contributed by atoms with Gasteiger partial charge in [0.1, 0.15) is 6.23 Å². The molecule has 3 aliphatic rings. The van der Waals surface area contributed by atoms with Gasteiger partial charge in [0.05, 0.1) is 5.69 Å². The quantitative estimate of drug-likeness (QED) is 0.474. The van der Waals surface area contributed by atoms with Gasteiger partial charge in [0.15, 0.2) is 0 Å². The predicted octanol–water partition coefficient (Wildman–Crippen LogP) is 5.23. The number of amides is 3. The number of pyridine rings is 1. The molecule has 37 heavy (non-hydrogen) atoms. The van der Waals surface area contributed by atoms with E-state index in [-0.39, 0.29) is 17.7 Å². The molecule has 5 rings (SSSR count). The Hall–Kier alpha value is -1.68. The molecule has 2 saturated heterocycles. The second kappa shape index (κ2) is 11.2. The van der Waals surface area contributed by atoms with Crippen LogP contribution in [-0.4, -0.2) is 57.7 Å². The molecule has 0 saturated carbocycles. The van der Waals surface area contributed by atoms with E-state index in [0.717, 1.165) is 45.3 Å². The van der Waals surface area contributed by atoms with Gasteiger partial charge in [0.2, 0.25) is 5.91 Å². The molecule has 2 fully saturated rings. The number of aromatic nitrogens is 1. The molecule has 7 nitrogen and oxygen atoms in total. The first-order valence-electron chi connectivity index (χ1n) is 12.8. The maximum absolute atomic E-state index is 13.2. The summed E-state index contributed by atoms with van der Waals surface area (Å²) >= 11 is 13.8. The molecule has 198 valence electrons. The summed E-state index contributed by atoms with van der Waals surface area (Å²) in [5.41, 5.74) is 10.3. The number of carbonyl (C=O) groups is 2. The molecular weight excluding hydrogens is 624 g/mol. The lowest BCUT2D eigenvalue weighted by molar-refractivity contribution is -0.134. The van der Waals surface area contributed by atoms with Crippen molar-refractivity contribution in [3.05, 3.63) is 60.7 Å². The Bertz CT molecular complexity index is 1200. The average molecular weight is 655 g/mol. The number of likely N-dealkylation sites (tertiary alicyclic amines) is 2. The van der Waals surface area contributed by atoms with Gasteiger partial charge in [-0.25, -0.2) is 4.79 Å². The van der Waals surface area contributed by atoms with Crippen molar-refractivity contribution < 1.29 is 14.7 Å². The number of aliphatic hydroxyl groups is 1. The number of primary amides is 1. The number of aryl methyl sites for hydroxylation is 2. The molecule has 0 bridgehead atoms. The van der Waals surface area contributed by atoms with Crippen LogP contribution in [0.2, 0.25) is 5.02 Å². The zero-order chi connectivity index (χ0) is 26.3. The van der Waals surface area contributed by atoms with Crippen molar-refractivity contribution in [1.82, 2.24) is 14.8 Å². The molecule has 2 aliphatic heterocycles. The normalized spacial score (nSPS) is 24.3. The van der Waals surface area contributed by atoms with Gasteiger partial charge >= 0.3 is 6.03 Å². The van der Waals surface area contributed by atoms with Crippen molar-refractivity contribution in [2.75, 3.05) is 19.6 Å². The standard InChI is InChI=1S/C27H31Br2ClN4O3/c28-19-11-18-2-1-17-12-20(30)13-21(29)24(17)25(26(18)32-14-19)16-4-6-33(7-5-16)22(35)9-15-3-8-34(27(31)37)23(36)10-15/h11-16,23,25,36H,1-10H2,(H2,31,37)/t15?,23?,25-/m1/s1. The minimum Gasteiger partial charge on any atom is -0.373 e. The number of hydrogen-bond donors (Lipinski definition) is 2. The molecule has 3 amide bonds. The zero-order valence-corrected chi connectivity index (χ0v) is 24.4. The van der Waals surface area contributed by atoms with Gasteiger partial charge in [-0.15, -0.1) is 0 Å². The zero-order valence-electron chi connectivity index (χ0n) is 20.5. The lowest BCUT2D eigenvalue weighted by Gasteiger charge is -2.39. The summed E-state index contributed by atoms with van der Waals surface area (Å²) in [6.45, 7) is 1.79. The van der Waals surface area contributed by atoms with E-state index in [2.05, 4.69) is 44.0 Å². The maximum atomic E-state index is 13.2. The van der Waals surface area contributed by atoms with Crippen LogP contribution in [0.1, 0.15) is 60.4 Å². The molecule has 10 heteroatoms. The third-order valence-corrected chi connectivity index (χ3v) is 9.52. The molecule has 1 aromatic carbocycles. The average Bonchev–Trinajstić information content (AvgIpc) is 3.00. The van der Waals surface area contributed by atoms with Gasteiger partial charge < -0.3 is 15.7 Å². The van der Waals surface area contributed by atoms with Crippen LogP contribution < -0.4 is 5.73 Å². The number of aliphatic hydroxyl groups excluding tert-OH is 1. The summed E-state index contributed by atoms with van der Waals surface area (Å²) in [6, 6.07) is 5.64. The first-order chi connectivity index (χ1) is 17.7. The fourth-order valence-corrected chi connectivity index (χ4v) is 7.84. The smallest absolute Gasteiger partial charge is 0.316 e. The van der Waals surface area contributed by atoms with Crippen molar-refractivity contribution in [2.24, 2.45) is 17.6 Å². The van der Waals surface area contributed by atoms with Crippen molar-refractivity contribution in [2.45, 2.75) is 57.1 Å². The summed E-state index contributed by atoms with van der Waals surface area (Å²) in [7, 11) is 0. The van der Waals surface area contributed by atoms with Gasteiger partial charge in [-0.1, -0.05) is 27.5 Å². The fraction of sp³-hybridized carbons (Fsp3) is 0.519. The summed E-state index contributed by atoms with van der Waals surface area (Å²) in [4.78, 5) is 32.7. The molecule has 0 radical (unpaired) electrons. The minimum atomic E-state index is -0.912. The molecule has 2 aromatic rings. The number of halogens is 3. The van der Waals surface area contributed by atoms with E-state index in [0.29, 0.717) is 44.8 Å². The summed E-state index contributed by atoms with van der Waals surface area (Å²) in [6.07, 6.45) is 6.04. The fourth-order valence-electron chi connectivity index (χ4n) is 6.34. The van der Waals surface area contributed by atoms with E-state index in [1.165, 1.54) is 21.6 Å². The SMILES string of the molecule is NC(=O)N1CCC(CC(=O)N2CCC([C@H]3c4ncc(Br)cc4CCc4cc(Cl)cc(Br)c43)CC2)CC1O. The van der Waals surface area contributed by atoms with Crippen LogP contribution in [0.5, 0.6) is 0 Å². The Morgan fingerprint density at radius 1 is 1.08 bits per heavy atom. The highest BCUT2D eigenvalue weighted by Crippen LogP contribution is 2.46. The number of nitrogens with two attached hydrogens (primary N) is 1. The largest absolute Gasteiger partial charge is 0.373 e. The van der Waals surface area contributed by atoms with E-state index in [9.17, 15) is 14.7 Å². The van der Waals surface area contributed by atoms with Crippen molar-refractivity contribution in [3.63, 3.8) is 0 Å². The predicted molar refractivity (Wildman–Crippen MR) is 149 cm³/mol. The van der Waals surface area contributed by atoms with Crippen LogP contribution in [0, 0.1) is 11.8 Å². The number of hydrogen-bond acceptors (Lipinski definition) is 4. The topological polar surface area (TPSA) is 99.8 Å². The molecular formula is C27H31Br2ClN4O3. The van der Waals surface area contributed by atoms with Crippen LogP contribution in [0.25, 0.3) is 0 Å². The van der Waals surface area contributed by atoms with Crippen LogP contribution in [0.4, 0.5) is 4.79 Å². The second-order valence-corrected chi connectivity index (χ2v) is 12.7. The Morgan fingerprint density at radius 2 is 1.81 bits per heavy atom. The number of nitrogens with zero attached hydrogens (tertiary/aromatic N) is 3. The van der Waals surface area contributed by atoms with Crippen molar-refractivity contribution >= 4 is 55.4 Å². The summed E-state index contributed by atoms with van der Waals surface area (Å²) in [5.74, 6) is 0.670. The van der Waals surface area contributed by atoms with E-state index < -0.39 is 12.3 Å². The van der Waals surface area contributed by atoms with Gasteiger partial charge in [-0.3, -0.25) is 14.7 Å². The molecule has 3 atom stereocenters. The molecule has 0 spiro atoms. The van der Waals surface area contributed by atoms with Crippen LogP contribution in [-0.2, 0) is 17.6 Å².